The lowest BCUT2D eigenvalue weighted by molar-refractivity contribution is 0.102. The van der Waals surface area contributed by atoms with E-state index in [0.29, 0.717) is 29.0 Å². The SMILES string of the molecule is Cc1ccccc1C(=O)Nc1cc(N2[C@@H](C)CCC[C@@H]2C)c(C)cc1N. The zero-order valence-electron chi connectivity index (χ0n) is 16.2. The predicted molar refractivity (Wildman–Crippen MR) is 110 cm³/mol. The summed E-state index contributed by atoms with van der Waals surface area (Å²) in [5.74, 6) is -0.121. The van der Waals surface area contributed by atoms with E-state index < -0.39 is 0 Å². The number of carbonyl (C=O) groups is 1. The molecule has 1 fully saturated rings. The fraction of sp³-hybridized carbons (Fsp3) is 0.409. The number of nitrogen functional groups attached to an aromatic ring is 1. The molecular formula is C22H29N3O. The van der Waals surface area contributed by atoms with E-state index in [9.17, 15) is 4.79 Å². The summed E-state index contributed by atoms with van der Waals surface area (Å²) in [5, 5.41) is 3.01. The Hall–Kier alpha value is -2.49. The summed E-state index contributed by atoms with van der Waals surface area (Å²) >= 11 is 0. The lowest BCUT2D eigenvalue weighted by Crippen LogP contribution is -2.44. The topological polar surface area (TPSA) is 58.4 Å². The first kappa shape index (κ1) is 18.3. The first-order valence-electron chi connectivity index (χ1n) is 9.44. The standard InChI is InChI=1S/C22H29N3O/c1-14-8-5-6-11-18(14)22(26)24-20-13-21(15(2)12-19(20)23)25-16(3)9-7-10-17(25)4/h5-6,8,11-13,16-17H,7,9-10,23H2,1-4H3,(H,24,26)/t16-,17-/m0/s1. The Kier molecular flexibility index (Phi) is 5.21. The fourth-order valence-corrected chi connectivity index (χ4v) is 4.02. The van der Waals surface area contributed by atoms with Gasteiger partial charge in [-0.15, -0.1) is 0 Å². The molecule has 0 bridgehead atoms. The van der Waals surface area contributed by atoms with Crippen LogP contribution in [0.15, 0.2) is 36.4 Å². The smallest absolute Gasteiger partial charge is 0.255 e. The van der Waals surface area contributed by atoms with Crippen molar-refractivity contribution in [2.24, 2.45) is 0 Å². The van der Waals surface area contributed by atoms with E-state index in [4.69, 9.17) is 5.73 Å². The third-order valence-electron chi connectivity index (χ3n) is 5.48. The number of hydrogen-bond donors (Lipinski definition) is 2. The Balaban J connectivity index is 1.93. The number of anilines is 3. The van der Waals surface area contributed by atoms with E-state index >= 15 is 0 Å². The van der Waals surface area contributed by atoms with Gasteiger partial charge in [-0.05, 0) is 76.3 Å². The second-order valence-electron chi connectivity index (χ2n) is 7.53. The first-order chi connectivity index (χ1) is 12.4. The summed E-state index contributed by atoms with van der Waals surface area (Å²) in [5.41, 5.74) is 11.5. The van der Waals surface area contributed by atoms with Crippen LogP contribution in [0.1, 0.15) is 54.6 Å². The van der Waals surface area contributed by atoms with Crippen LogP contribution in [0.3, 0.4) is 0 Å². The highest BCUT2D eigenvalue weighted by atomic mass is 16.1. The van der Waals surface area contributed by atoms with Gasteiger partial charge in [0.15, 0.2) is 0 Å². The predicted octanol–water partition coefficient (Wildman–Crippen LogP) is 4.91. The number of nitrogens with zero attached hydrogens (tertiary/aromatic N) is 1. The van der Waals surface area contributed by atoms with Crippen molar-refractivity contribution in [2.45, 2.75) is 59.0 Å². The van der Waals surface area contributed by atoms with E-state index in [0.717, 1.165) is 11.1 Å². The van der Waals surface area contributed by atoms with Crippen LogP contribution in [0.5, 0.6) is 0 Å². The summed E-state index contributed by atoms with van der Waals surface area (Å²) in [6.45, 7) is 8.58. The number of hydrogen-bond acceptors (Lipinski definition) is 3. The maximum atomic E-state index is 12.7. The Morgan fingerprint density at radius 2 is 1.73 bits per heavy atom. The fourth-order valence-electron chi connectivity index (χ4n) is 4.02. The molecule has 4 nitrogen and oxygen atoms in total. The molecule has 1 aliphatic heterocycles. The molecule has 1 heterocycles. The minimum Gasteiger partial charge on any atom is -0.397 e. The van der Waals surface area contributed by atoms with E-state index in [1.807, 2.05) is 43.3 Å². The van der Waals surface area contributed by atoms with Crippen molar-refractivity contribution in [3.63, 3.8) is 0 Å². The molecule has 3 rings (SSSR count). The largest absolute Gasteiger partial charge is 0.397 e. The zero-order chi connectivity index (χ0) is 18.8. The molecule has 0 aromatic heterocycles. The van der Waals surface area contributed by atoms with Gasteiger partial charge in [0.05, 0.1) is 11.4 Å². The van der Waals surface area contributed by atoms with Crippen molar-refractivity contribution < 1.29 is 4.79 Å². The van der Waals surface area contributed by atoms with Gasteiger partial charge in [0.2, 0.25) is 0 Å². The van der Waals surface area contributed by atoms with Gasteiger partial charge in [0.25, 0.3) is 5.91 Å². The van der Waals surface area contributed by atoms with Gasteiger partial charge < -0.3 is 16.0 Å². The van der Waals surface area contributed by atoms with Gasteiger partial charge in [-0.2, -0.15) is 0 Å². The maximum Gasteiger partial charge on any atom is 0.255 e. The van der Waals surface area contributed by atoms with Crippen LogP contribution in [0, 0.1) is 13.8 Å². The number of rotatable bonds is 3. The van der Waals surface area contributed by atoms with Gasteiger partial charge in [-0.3, -0.25) is 4.79 Å². The Bertz CT molecular complexity index is 805. The maximum absolute atomic E-state index is 12.7. The summed E-state index contributed by atoms with van der Waals surface area (Å²) < 4.78 is 0. The van der Waals surface area contributed by atoms with Crippen molar-refractivity contribution in [1.82, 2.24) is 0 Å². The van der Waals surface area contributed by atoms with Crippen LogP contribution < -0.4 is 16.0 Å². The molecule has 138 valence electrons. The third-order valence-corrected chi connectivity index (χ3v) is 5.48. The van der Waals surface area contributed by atoms with E-state index in [-0.39, 0.29) is 5.91 Å². The molecule has 26 heavy (non-hydrogen) atoms. The molecule has 2 aromatic carbocycles. The molecule has 0 radical (unpaired) electrons. The summed E-state index contributed by atoms with van der Waals surface area (Å²) in [4.78, 5) is 15.2. The number of carbonyl (C=O) groups excluding carboxylic acids is 1. The van der Waals surface area contributed by atoms with Gasteiger partial charge >= 0.3 is 0 Å². The average Bonchev–Trinajstić information content (AvgIpc) is 2.58. The van der Waals surface area contributed by atoms with Crippen LogP contribution in [0.25, 0.3) is 0 Å². The van der Waals surface area contributed by atoms with Gasteiger partial charge in [-0.1, -0.05) is 18.2 Å². The molecule has 0 aliphatic carbocycles. The molecule has 2 aromatic rings. The number of nitrogens with one attached hydrogen (secondary N) is 1. The quantitative estimate of drug-likeness (QED) is 0.773. The van der Waals surface area contributed by atoms with Gasteiger partial charge in [-0.25, -0.2) is 0 Å². The van der Waals surface area contributed by atoms with Crippen molar-refractivity contribution in [1.29, 1.82) is 0 Å². The van der Waals surface area contributed by atoms with Crippen molar-refractivity contribution in [3.8, 4) is 0 Å². The minimum atomic E-state index is -0.121. The molecule has 2 atom stereocenters. The highest BCUT2D eigenvalue weighted by Crippen LogP contribution is 2.36. The second-order valence-corrected chi connectivity index (χ2v) is 7.53. The molecule has 1 aliphatic rings. The van der Waals surface area contributed by atoms with E-state index in [1.165, 1.54) is 24.9 Å². The number of benzene rings is 2. The number of amides is 1. The summed E-state index contributed by atoms with van der Waals surface area (Å²) in [6, 6.07) is 12.6. The number of nitrogens with two attached hydrogens (primary N) is 1. The number of piperidine rings is 1. The number of aryl methyl sites for hydroxylation is 2. The van der Waals surface area contributed by atoms with E-state index in [2.05, 4.69) is 31.0 Å². The van der Waals surface area contributed by atoms with Crippen molar-refractivity contribution in [3.05, 3.63) is 53.1 Å². The molecule has 3 N–H and O–H groups in total. The zero-order valence-corrected chi connectivity index (χ0v) is 16.2. The molecule has 4 heteroatoms. The third kappa shape index (κ3) is 3.55. The summed E-state index contributed by atoms with van der Waals surface area (Å²) in [7, 11) is 0. The van der Waals surface area contributed by atoms with Gasteiger partial charge in [0.1, 0.15) is 0 Å². The second kappa shape index (κ2) is 7.40. The van der Waals surface area contributed by atoms with Crippen LogP contribution in [0.2, 0.25) is 0 Å². The molecule has 0 saturated carbocycles. The molecular weight excluding hydrogens is 322 g/mol. The van der Waals surface area contributed by atoms with Gasteiger partial charge in [0, 0.05) is 23.3 Å². The first-order valence-corrected chi connectivity index (χ1v) is 9.44. The van der Waals surface area contributed by atoms with Crippen LogP contribution in [-0.4, -0.2) is 18.0 Å². The lowest BCUT2D eigenvalue weighted by Gasteiger charge is -2.42. The monoisotopic (exact) mass is 351 g/mol. The van der Waals surface area contributed by atoms with Crippen molar-refractivity contribution in [2.75, 3.05) is 16.0 Å². The molecule has 1 amide bonds. The van der Waals surface area contributed by atoms with Crippen LogP contribution >= 0.6 is 0 Å². The molecule has 1 saturated heterocycles. The summed E-state index contributed by atoms with van der Waals surface area (Å²) in [6.07, 6.45) is 3.65. The van der Waals surface area contributed by atoms with Crippen LogP contribution in [0.4, 0.5) is 17.1 Å². The normalized spacial score (nSPS) is 20.1. The Morgan fingerprint density at radius 3 is 2.38 bits per heavy atom. The molecule has 0 unspecified atom stereocenters. The average molecular weight is 351 g/mol. The minimum absolute atomic E-state index is 0.121. The highest BCUT2D eigenvalue weighted by molar-refractivity contribution is 6.07. The van der Waals surface area contributed by atoms with E-state index in [1.54, 1.807) is 0 Å². The Labute approximate surface area is 156 Å². The Morgan fingerprint density at radius 1 is 1.08 bits per heavy atom. The highest BCUT2D eigenvalue weighted by Gasteiger charge is 2.26. The van der Waals surface area contributed by atoms with Crippen molar-refractivity contribution >= 4 is 23.0 Å². The lowest BCUT2D eigenvalue weighted by atomic mass is 9.95. The van der Waals surface area contributed by atoms with Crippen LogP contribution in [-0.2, 0) is 0 Å². The molecule has 0 spiro atoms.